The van der Waals surface area contributed by atoms with Gasteiger partial charge in [0.15, 0.2) is 6.61 Å². The Labute approximate surface area is 133 Å². The largest absolute Gasteiger partial charge is 0.497 e. The summed E-state index contributed by atoms with van der Waals surface area (Å²) >= 11 is 0. The molecule has 1 aliphatic heterocycles. The summed E-state index contributed by atoms with van der Waals surface area (Å²) in [6, 6.07) is 12.4. The lowest BCUT2D eigenvalue weighted by Crippen LogP contribution is -2.20. The number of fused-ring (bicyclic) bond motifs is 1. The van der Waals surface area contributed by atoms with E-state index < -0.39 is 0 Å². The summed E-state index contributed by atoms with van der Waals surface area (Å²) in [7, 11) is 1.57. The van der Waals surface area contributed by atoms with E-state index in [4.69, 9.17) is 9.47 Å². The Bertz CT molecular complexity index is 758. The van der Waals surface area contributed by atoms with Crippen LogP contribution in [0.4, 0.5) is 11.4 Å². The third-order valence-corrected chi connectivity index (χ3v) is 3.43. The fourth-order valence-corrected chi connectivity index (χ4v) is 2.34. The third kappa shape index (κ3) is 3.60. The fraction of sp³-hybridized carbons (Fsp3) is 0.176. The number of carbonyl (C=O) groups excluding carboxylic acids is 2. The number of methoxy groups -OCH3 is 1. The number of hydrogen-bond donors (Lipinski definition) is 2. The van der Waals surface area contributed by atoms with Crippen LogP contribution in [0.1, 0.15) is 5.56 Å². The maximum atomic E-state index is 12.0. The van der Waals surface area contributed by atoms with Crippen LogP contribution in [-0.4, -0.2) is 25.5 Å². The molecule has 3 rings (SSSR count). The van der Waals surface area contributed by atoms with Crippen molar-refractivity contribution in [1.82, 2.24) is 0 Å². The highest BCUT2D eigenvalue weighted by molar-refractivity contribution is 6.00. The van der Waals surface area contributed by atoms with E-state index in [-0.39, 0.29) is 18.4 Å². The summed E-state index contributed by atoms with van der Waals surface area (Å²) in [5.74, 6) is 0.914. The van der Waals surface area contributed by atoms with E-state index in [1.807, 2.05) is 0 Å². The predicted octanol–water partition coefficient (Wildman–Crippen LogP) is 2.21. The molecule has 6 heteroatoms. The van der Waals surface area contributed by atoms with Gasteiger partial charge in [0.05, 0.1) is 13.5 Å². The molecule has 0 spiro atoms. The second-order valence-corrected chi connectivity index (χ2v) is 5.11. The Morgan fingerprint density at radius 1 is 1.22 bits per heavy atom. The lowest BCUT2D eigenvalue weighted by Gasteiger charge is -2.09. The lowest BCUT2D eigenvalue weighted by molar-refractivity contribution is -0.118. The van der Waals surface area contributed by atoms with Crippen molar-refractivity contribution in [2.75, 3.05) is 24.4 Å². The molecule has 0 saturated heterocycles. The molecular weight excluding hydrogens is 296 g/mol. The van der Waals surface area contributed by atoms with Crippen molar-refractivity contribution in [2.45, 2.75) is 6.42 Å². The minimum Gasteiger partial charge on any atom is -0.497 e. The Kier molecular flexibility index (Phi) is 4.14. The van der Waals surface area contributed by atoms with Crippen LogP contribution in [0.25, 0.3) is 0 Å². The van der Waals surface area contributed by atoms with E-state index in [0.717, 1.165) is 11.3 Å². The molecule has 2 amide bonds. The van der Waals surface area contributed by atoms with Gasteiger partial charge in [0, 0.05) is 17.4 Å². The number of hydrogen-bond acceptors (Lipinski definition) is 4. The van der Waals surface area contributed by atoms with E-state index in [1.165, 1.54) is 0 Å². The van der Waals surface area contributed by atoms with Crippen LogP contribution < -0.4 is 20.1 Å². The summed E-state index contributed by atoms with van der Waals surface area (Å²) in [5.41, 5.74) is 2.31. The monoisotopic (exact) mass is 312 g/mol. The topological polar surface area (TPSA) is 76.7 Å². The SMILES string of the molecule is COc1cccc(OCC(=O)Nc2ccc3c(c2)CC(=O)N3)c1. The molecule has 2 N–H and O–H groups in total. The van der Waals surface area contributed by atoms with E-state index in [2.05, 4.69) is 10.6 Å². The molecule has 6 nitrogen and oxygen atoms in total. The highest BCUT2D eigenvalue weighted by Gasteiger charge is 2.17. The minimum absolute atomic E-state index is 0.0372. The lowest BCUT2D eigenvalue weighted by atomic mass is 10.1. The zero-order valence-electron chi connectivity index (χ0n) is 12.6. The van der Waals surface area contributed by atoms with E-state index >= 15 is 0 Å². The molecule has 2 aromatic rings. The van der Waals surface area contributed by atoms with Crippen LogP contribution in [-0.2, 0) is 16.0 Å². The molecule has 0 unspecified atom stereocenters. The van der Waals surface area contributed by atoms with Gasteiger partial charge in [-0.15, -0.1) is 0 Å². The molecule has 118 valence electrons. The van der Waals surface area contributed by atoms with Crippen LogP contribution in [0.3, 0.4) is 0 Å². The first-order valence-electron chi connectivity index (χ1n) is 7.13. The molecule has 0 aromatic heterocycles. The zero-order valence-corrected chi connectivity index (χ0v) is 12.6. The standard InChI is InChI=1S/C17H16N2O4/c1-22-13-3-2-4-14(9-13)23-10-17(21)18-12-5-6-15-11(7-12)8-16(20)19-15/h2-7,9H,8,10H2,1H3,(H,18,21)(H,19,20). The third-order valence-electron chi connectivity index (χ3n) is 3.43. The molecule has 1 aliphatic rings. The molecule has 0 fully saturated rings. The molecule has 0 saturated carbocycles. The molecule has 0 bridgehead atoms. The highest BCUT2D eigenvalue weighted by Crippen LogP contribution is 2.26. The average Bonchev–Trinajstić information content (AvgIpc) is 2.92. The Morgan fingerprint density at radius 3 is 2.87 bits per heavy atom. The summed E-state index contributed by atoms with van der Waals surface area (Å²) in [5, 5.41) is 5.50. The second kappa shape index (κ2) is 6.39. The van der Waals surface area contributed by atoms with Gasteiger partial charge in [-0.25, -0.2) is 0 Å². The summed E-state index contributed by atoms with van der Waals surface area (Å²) in [4.78, 5) is 23.3. The van der Waals surface area contributed by atoms with Crippen molar-refractivity contribution in [3.8, 4) is 11.5 Å². The van der Waals surface area contributed by atoms with Crippen molar-refractivity contribution in [3.05, 3.63) is 48.0 Å². The van der Waals surface area contributed by atoms with Gasteiger partial charge in [0.1, 0.15) is 11.5 Å². The number of amides is 2. The molecule has 0 aliphatic carbocycles. The maximum absolute atomic E-state index is 12.0. The van der Waals surface area contributed by atoms with Gasteiger partial charge in [-0.05, 0) is 35.9 Å². The summed E-state index contributed by atoms with van der Waals surface area (Å²) < 4.78 is 10.5. The van der Waals surface area contributed by atoms with Gasteiger partial charge >= 0.3 is 0 Å². The van der Waals surface area contributed by atoms with Crippen LogP contribution >= 0.6 is 0 Å². The van der Waals surface area contributed by atoms with Crippen molar-refractivity contribution >= 4 is 23.2 Å². The van der Waals surface area contributed by atoms with Crippen molar-refractivity contribution in [1.29, 1.82) is 0 Å². The van der Waals surface area contributed by atoms with E-state index in [9.17, 15) is 9.59 Å². The second-order valence-electron chi connectivity index (χ2n) is 5.11. The van der Waals surface area contributed by atoms with Gasteiger partial charge in [-0.1, -0.05) is 6.07 Å². The van der Waals surface area contributed by atoms with Gasteiger partial charge in [0.25, 0.3) is 5.91 Å². The number of rotatable bonds is 5. The van der Waals surface area contributed by atoms with Gasteiger partial charge < -0.3 is 20.1 Å². The quantitative estimate of drug-likeness (QED) is 0.887. The van der Waals surface area contributed by atoms with Crippen LogP contribution in [0, 0.1) is 0 Å². The van der Waals surface area contributed by atoms with Crippen molar-refractivity contribution in [2.24, 2.45) is 0 Å². The van der Waals surface area contributed by atoms with Crippen LogP contribution in [0.5, 0.6) is 11.5 Å². The van der Waals surface area contributed by atoms with Crippen molar-refractivity contribution < 1.29 is 19.1 Å². The first kappa shape index (κ1) is 14.9. The van der Waals surface area contributed by atoms with Gasteiger partial charge in [0.2, 0.25) is 5.91 Å². The number of nitrogens with one attached hydrogen (secondary N) is 2. The highest BCUT2D eigenvalue weighted by atomic mass is 16.5. The first-order chi connectivity index (χ1) is 11.1. The Hall–Kier alpha value is -3.02. The van der Waals surface area contributed by atoms with Crippen LogP contribution in [0.15, 0.2) is 42.5 Å². The molecule has 23 heavy (non-hydrogen) atoms. The molecule has 0 radical (unpaired) electrons. The average molecular weight is 312 g/mol. The normalized spacial score (nSPS) is 12.3. The van der Waals surface area contributed by atoms with E-state index in [0.29, 0.717) is 23.6 Å². The van der Waals surface area contributed by atoms with E-state index in [1.54, 1.807) is 49.6 Å². The van der Waals surface area contributed by atoms with Crippen molar-refractivity contribution in [3.63, 3.8) is 0 Å². The molecular formula is C17H16N2O4. The van der Waals surface area contributed by atoms with Gasteiger partial charge in [-0.2, -0.15) is 0 Å². The smallest absolute Gasteiger partial charge is 0.262 e. The molecule has 1 heterocycles. The fourth-order valence-electron chi connectivity index (χ4n) is 2.34. The van der Waals surface area contributed by atoms with Crippen LogP contribution in [0.2, 0.25) is 0 Å². The molecule has 0 atom stereocenters. The summed E-state index contributed by atoms with van der Waals surface area (Å²) in [6.07, 6.45) is 0.333. The Balaban J connectivity index is 1.57. The number of benzene rings is 2. The Morgan fingerprint density at radius 2 is 2.04 bits per heavy atom. The minimum atomic E-state index is -0.273. The van der Waals surface area contributed by atoms with Gasteiger partial charge in [-0.3, -0.25) is 9.59 Å². The number of anilines is 2. The maximum Gasteiger partial charge on any atom is 0.262 e. The zero-order chi connectivity index (χ0) is 16.2. The summed E-state index contributed by atoms with van der Waals surface area (Å²) in [6.45, 7) is -0.110. The first-order valence-corrected chi connectivity index (χ1v) is 7.13. The number of ether oxygens (including phenoxy) is 2. The number of carbonyl (C=O) groups is 2. The predicted molar refractivity (Wildman–Crippen MR) is 85.9 cm³/mol. The molecule has 2 aromatic carbocycles.